The number of aliphatic hydroxyl groups excluding tert-OH is 1. The van der Waals surface area contributed by atoms with Crippen LogP contribution in [0.4, 0.5) is 0 Å². The summed E-state index contributed by atoms with van der Waals surface area (Å²) >= 11 is 0. The van der Waals surface area contributed by atoms with Crippen molar-refractivity contribution in [1.29, 1.82) is 0 Å². The molecule has 1 N–H and O–H groups in total. The Labute approximate surface area is 56.0 Å². The molecule has 52 valence electrons. The molecule has 0 fully saturated rings. The van der Waals surface area contributed by atoms with Gasteiger partial charge >= 0.3 is 0 Å². The highest BCUT2D eigenvalue weighted by Crippen LogP contribution is 1.90. The lowest BCUT2D eigenvalue weighted by Gasteiger charge is -1.99. The Balaban J connectivity index is 3.35. The molecule has 2 unspecified atom stereocenters. The van der Waals surface area contributed by atoms with Gasteiger partial charge in [-0.2, -0.15) is 0 Å². The van der Waals surface area contributed by atoms with Gasteiger partial charge < -0.3 is 9.63 Å². The minimum Gasteiger partial charge on any atom is -0.387 e. The lowest BCUT2D eigenvalue weighted by atomic mass is 10.3. The Bertz CT molecular complexity index is 102. The number of aliphatic hydroxyl groups is 1. The fourth-order valence-electron chi connectivity index (χ4n) is 0.328. The van der Waals surface area contributed by atoms with E-state index in [0.717, 1.165) is 0 Å². The first-order valence-corrected chi connectivity index (χ1v) is 2.90. The second kappa shape index (κ2) is 5.89. The summed E-state index contributed by atoms with van der Waals surface area (Å²) < 4.78 is 4.50. The molecule has 3 nitrogen and oxygen atoms in total. The number of rotatable bonds is 4. The van der Waals surface area contributed by atoms with Crippen LogP contribution in [0.5, 0.6) is 0 Å². The molecule has 0 aromatic rings. The normalized spacial score (nSPS) is 14.0. The van der Waals surface area contributed by atoms with E-state index in [-0.39, 0.29) is 6.61 Å². The predicted octanol–water partition coefficient (Wildman–Crippen LogP) is -0.0909. The molecular formula is C5H9O3P. The second-order valence-corrected chi connectivity index (χ2v) is 1.75. The van der Waals surface area contributed by atoms with Gasteiger partial charge in [-0.1, -0.05) is 6.08 Å². The summed E-state index contributed by atoms with van der Waals surface area (Å²) in [5.74, 6) is 0. The maximum atomic E-state index is 9.67. The SMILES string of the molecule is O=C/C=C/C(O)COP. The topological polar surface area (TPSA) is 46.5 Å². The van der Waals surface area contributed by atoms with Crippen LogP contribution in [0.25, 0.3) is 0 Å². The molecule has 0 amide bonds. The van der Waals surface area contributed by atoms with Gasteiger partial charge in [0, 0.05) is 9.47 Å². The second-order valence-electron chi connectivity index (χ2n) is 1.42. The van der Waals surface area contributed by atoms with Crippen molar-refractivity contribution < 1.29 is 14.4 Å². The van der Waals surface area contributed by atoms with Crippen molar-refractivity contribution in [3.05, 3.63) is 12.2 Å². The first kappa shape index (κ1) is 8.76. The van der Waals surface area contributed by atoms with Gasteiger partial charge in [0.25, 0.3) is 0 Å². The average Bonchev–Trinajstić information content (AvgIpc) is 1.85. The summed E-state index contributed by atoms with van der Waals surface area (Å²) in [4.78, 5) is 9.67. The lowest BCUT2D eigenvalue weighted by Crippen LogP contribution is -2.07. The summed E-state index contributed by atoms with van der Waals surface area (Å²) in [6, 6.07) is 0. The predicted molar refractivity (Wildman–Crippen MR) is 36.9 cm³/mol. The molecule has 0 rings (SSSR count). The minimum absolute atomic E-state index is 0.189. The number of carbonyl (C=O) groups is 1. The van der Waals surface area contributed by atoms with Gasteiger partial charge in [-0.15, -0.1) is 0 Å². The fraction of sp³-hybridized carbons (Fsp3) is 0.400. The van der Waals surface area contributed by atoms with Crippen molar-refractivity contribution in [1.82, 2.24) is 0 Å². The van der Waals surface area contributed by atoms with Crippen molar-refractivity contribution in [2.75, 3.05) is 6.61 Å². The fourth-order valence-corrected chi connectivity index (χ4v) is 0.525. The van der Waals surface area contributed by atoms with Crippen LogP contribution in [0, 0.1) is 0 Å². The van der Waals surface area contributed by atoms with E-state index in [2.05, 4.69) is 4.52 Å². The van der Waals surface area contributed by atoms with E-state index in [9.17, 15) is 4.79 Å². The molecule has 0 heterocycles. The summed E-state index contributed by atoms with van der Waals surface area (Å²) in [7, 11) is 2.01. The van der Waals surface area contributed by atoms with Crippen molar-refractivity contribution >= 4 is 15.8 Å². The van der Waals surface area contributed by atoms with Gasteiger partial charge in [0.05, 0.1) is 12.7 Å². The van der Waals surface area contributed by atoms with E-state index in [1.807, 2.05) is 9.47 Å². The Morgan fingerprint density at radius 1 is 1.78 bits per heavy atom. The third-order valence-electron chi connectivity index (χ3n) is 0.679. The van der Waals surface area contributed by atoms with Crippen LogP contribution >= 0.6 is 9.47 Å². The monoisotopic (exact) mass is 148 g/mol. The Kier molecular flexibility index (Phi) is 5.73. The molecule has 0 aliphatic heterocycles. The van der Waals surface area contributed by atoms with Crippen LogP contribution in [-0.2, 0) is 9.32 Å². The molecule has 0 spiro atoms. The molecule has 2 atom stereocenters. The van der Waals surface area contributed by atoms with Crippen LogP contribution in [0.1, 0.15) is 0 Å². The van der Waals surface area contributed by atoms with Crippen LogP contribution in [0.3, 0.4) is 0 Å². The molecule has 0 radical (unpaired) electrons. The quantitative estimate of drug-likeness (QED) is 0.344. The third kappa shape index (κ3) is 5.63. The number of hydrogen-bond acceptors (Lipinski definition) is 3. The van der Waals surface area contributed by atoms with Crippen molar-refractivity contribution in [3.8, 4) is 0 Å². The maximum Gasteiger partial charge on any atom is 0.142 e. The van der Waals surface area contributed by atoms with Gasteiger partial charge in [0.1, 0.15) is 6.29 Å². The first-order valence-electron chi connectivity index (χ1n) is 2.43. The van der Waals surface area contributed by atoms with Gasteiger partial charge in [0.15, 0.2) is 0 Å². The molecule has 0 bridgehead atoms. The molecular weight excluding hydrogens is 139 g/mol. The van der Waals surface area contributed by atoms with Gasteiger partial charge in [0.2, 0.25) is 0 Å². The van der Waals surface area contributed by atoms with Crippen LogP contribution in [-0.4, -0.2) is 24.1 Å². The molecule has 0 aromatic heterocycles. The largest absolute Gasteiger partial charge is 0.387 e. The zero-order chi connectivity index (χ0) is 7.11. The minimum atomic E-state index is -0.687. The van der Waals surface area contributed by atoms with Crippen molar-refractivity contribution in [3.63, 3.8) is 0 Å². The van der Waals surface area contributed by atoms with Gasteiger partial charge in [-0.3, -0.25) is 4.79 Å². The van der Waals surface area contributed by atoms with E-state index >= 15 is 0 Å². The molecule has 4 heteroatoms. The van der Waals surface area contributed by atoms with Crippen LogP contribution in [0.15, 0.2) is 12.2 Å². The Morgan fingerprint density at radius 3 is 2.89 bits per heavy atom. The van der Waals surface area contributed by atoms with Crippen molar-refractivity contribution in [2.45, 2.75) is 6.10 Å². The highest BCUT2D eigenvalue weighted by atomic mass is 31.0. The van der Waals surface area contributed by atoms with E-state index in [1.165, 1.54) is 12.2 Å². The van der Waals surface area contributed by atoms with Crippen molar-refractivity contribution in [2.24, 2.45) is 0 Å². The maximum absolute atomic E-state index is 9.67. The van der Waals surface area contributed by atoms with E-state index in [0.29, 0.717) is 6.29 Å². The highest BCUT2D eigenvalue weighted by molar-refractivity contribution is 7.09. The molecule has 0 aliphatic rings. The third-order valence-corrected chi connectivity index (χ3v) is 0.871. The number of carbonyl (C=O) groups excluding carboxylic acids is 1. The number of allylic oxidation sites excluding steroid dienone is 1. The molecule has 0 saturated carbocycles. The molecule has 9 heavy (non-hydrogen) atoms. The molecule has 0 saturated heterocycles. The smallest absolute Gasteiger partial charge is 0.142 e. The van der Waals surface area contributed by atoms with E-state index in [1.54, 1.807) is 0 Å². The Morgan fingerprint density at radius 2 is 2.44 bits per heavy atom. The summed E-state index contributed by atoms with van der Waals surface area (Å²) in [6.07, 6.45) is 2.50. The average molecular weight is 148 g/mol. The van der Waals surface area contributed by atoms with Crippen LogP contribution in [0.2, 0.25) is 0 Å². The first-order chi connectivity index (χ1) is 4.31. The standard InChI is InChI=1S/C5H9O3P/c6-3-1-2-5(7)4-8-9/h1-3,5,7H,4,9H2/b2-1+. The Hall–Kier alpha value is -0.240. The van der Waals surface area contributed by atoms with E-state index < -0.39 is 6.10 Å². The van der Waals surface area contributed by atoms with Crippen LogP contribution < -0.4 is 0 Å². The van der Waals surface area contributed by atoms with Gasteiger partial charge in [-0.25, -0.2) is 0 Å². The van der Waals surface area contributed by atoms with Gasteiger partial charge in [-0.05, 0) is 6.08 Å². The molecule has 0 aromatic carbocycles. The zero-order valence-electron chi connectivity index (χ0n) is 4.86. The zero-order valence-corrected chi connectivity index (χ0v) is 6.01. The van der Waals surface area contributed by atoms with E-state index in [4.69, 9.17) is 5.11 Å². The highest BCUT2D eigenvalue weighted by Gasteiger charge is 1.93. The number of aldehydes is 1. The summed E-state index contributed by atoms with van der Waals surface area (Å²) in [5.41, 5.74) is 0. The summed E-state index contributed by atoms with van der Waals surface area (Å²) in [5, 5.41) is 8.80. The molecule has 0 aliphatic carbocycles. The summed E-state index contributed by atoms with van der Waals surface area (Å²) in [6.45, 7) is 0.189. The number of hydrogen-bond donors (Lipinski definition) is 1. The lowest BCUT2D eigenvalue weighted by molar-refractivity contribution is -0.104.